The van der Waals surface area contributed by atoms with E-state index in [1.165, 1.54) is 6.07 Å². The summed E-state index contributed by atoms with van der Waals surface area (Å²) in [6, 6.07) is 10.2. The minimum atomic E-state index is -0.239. The molecule has 6 heteroatoms. The number of carbonyl (C=O) groups is 1. The molecule has 0 aliphatic heterocycles. The fourth-order valence-electron chi connectivity index (χ4n) is 2.15. The molecule has 2 N–H and O–H groups in total. The van der Waals surface area contributed by atoms with Gasteiger partial charge in [0.05, 0.1) is 5.69 Å². The number of aromatic nitrogens is 1. The zero-order valence-electron chi connectivity index (χ0n) is 13.1. The molecule has 0 atom stereocenters. The zero-order chi connectivity index (χ0) is 16.5. The summed E-state index contributed by atoms with van der Waals surface area (Å²) in [7, 11) is 1.83. The molecule has 1 heterocycles. The molecule has 0 saturated carbocycles. The Morgan fingerprint density at radius 1 is 1.22 bits per heavy atom. The van der Waals surface area contributed by atoms with Gasteiger partial charge in [-0.3, -0.25) is 4.98 Å². The van der Waals surface area contributed by atoms with Crippen LogP contribution in [0.25, 0.3) is 0 Å². The topological polar surface area (TPSA) is 57.3 Å². The number of carbonyl (C=O) groups excluding carboxylic acids is 1. The Morgan fingerprint density at radius 3 is 2.78 bits per heavy atom. The quantitative estimate of drug-likeness (QED) is 0.772. The van der Waals surface area contributed by atoms with Crippen molar-refractivity contribution in [1.29, 1.82) is 0 Å². The van der Waals surface area contributed by atoms with Crippen LogP contribution in [-0.4, -0.2) is 31.2 Å². The van der Waals surface area contributed by atoms with Crippen LogP contribution < -0.4 is 15.5 Å². The molecule has 2 rings (SSSR count). The highest BCUT2D eigenvalue weighted by Crippen LogP contribution is 2.16. The van der Waals surface area contributed by atoms with Gasteiger partial charge in [-0.05, 0) is 30.2 Å². The summed E-state index contributed by atoms with van der Waals surface area (Å²) in [4.78, 5) is 17.5. The highest BCUT2D eigenvalue weighted by atomic mass is 19.1. The maximum absolute atomic E-state index is 13.6. The number of benzene rings is 1. The zero-order valence-corrected chi connectivity index (χ0v) is 13.1. The van der Waals surface area contributed by atoms with Crippen LogP contribution in [0.4, 0.5) is 14.9 Å². The minimum Gasteiger partial charge on any atom is -0.372 e. The number of nitrogens with one attached hydrogen (secondary N) is 2. The molecule has 1 aromatic heterocycles. The number of urea groups is 1. The van der Waals surface area contributed by atoms with Crippen LogP contribution in [0.2, 0.25) is 0 Å². The molecule has 0 aliphatic carbocycles. The molecular formula is C17H21FN4O. The van der Waals surface area contributed by atoms with E-state index >= 15 is 0 Å². The van der Waals surface area contributed by atoms with Crippen LogP contribution in [0.15, 0.2) is 48.8 Å². The van der Waals surface area contributed by atoms with E-state index < -0.39 is 0 Å². The minimum absolute atomic E-state index is 0.220. The molecule has 0 fully saturated rings. The highest BCUT2D eigenvalue weighted by Gasteiger charge is 2.06. The van der Waals surface area contributed by atoms with Crippen molar-refractivity contribution in [2.75, 3.05) is 25.0 Å². The van der Waals surface area contributed by atoms with E-state index in [4.69, 9.17) is 0 Å². The van der Waals surface area contributed by atoms with Crippen molar-refractivity contribution in [2.24, 2.45) is 0 Å². The van der Waals surface area contributed by atoms with Gasteiger partial charge in [-0.15, -0.1) is 0 Å². The third-order valence-electron chi connectivity index (χ3n) is 3.40. The Kier molecular flexibility index (Phi) is 6.35. The van der Waals surface area contributed by atoms with Crippen molar-refractivity contribution in [1.82, 2.24) is 15.6 Å². The standard InChI is InChI=1S/C17H21FN4O/c1-22(16-8-3-2-7-15(16)18)11-5-10-20-17(23)21-13-14-6-4-9-19-12-14/h2-4,6-9,12H,5,10-11,13H2,1H3,(H2,20,21,23). The summed E-state index contributed by atoms with van der Waals surface area (Å²) in [5.41, 5.74) is 1.51. The first-order valence-electron chi connectivity index (χ1n) is 7.53. The fourth-order valence-corrected chi connectivity index (χ4v) is 2.15. The van der Waals surface area contributed by atoms with Crippen LogP contribution in [-0.2, 0) is 6.54 Å². The maximum Gasteiger partial charge on any atom is 0.315 e. The van der Waals surface area contributed by atoms with Crippen LogP contribution in [0.1, 0.15) is 12.0 Å². The molecule has 1 aromatic carbocycles. The molecule has 5 nitrogen and oxygen atoms in total. The lowest BCUT2D eigenvalue weighted by Crippen LogP contribution is -2.36. The normalized spacial score (nSPS) is 10.2. The number of amides is 2. The van der Waals surface area contributed by atoms with Gasteiger partial charge in [0, 0.05) is 39.1 Å². The Balaban J connectivity index is 1.63. The lowest BCUT2D eigenvalue weighted by molar-refractivity contribution is 0.240. The van der Waals surface area contributed by atoms with E-state index in [1.54, 1.807) is 30.6 Å². The van der Waals surface area contributed by atoms with Gasteiger partial charge in [0.25, 0.3) is 0 Å². The average Bonchev–Trinajstić information content (AvgIpc) is 2.58. The van der Waals surface area contributed by atoms with E-state index in [0.29, 0.717) is 25.3 Å². The molecule has 2 aromatic rings. The molecular weight excluding hydrogens is 295 g/mol. The largest absolute Gasteiger partial charge is 0.372 e. The molecule has 23 heavy (non-hydrogen) atoms. The van der Waals surface area contributed by atoms with Gasteiger partial charge >= 0.3 is 6.03 Å². The van der Waals surface area contributed by atoms with Crippen molar-refractivity contribution in [3.63, 3.8) is 0 Å². The maximum atomic E-state index is 13.6. The summed E-state index contributed by atoms with van der Waals surface area (Å²) in [6.07, 6.45) is 4.13. The third kappa shape index (κ3) is 5.58. The lowest BCUT2D eigenvalue weighted by atomic mass is 10.2. The second-order valence-electron chi connectivity index (χ2n) is 5.20. The highest BCUT2D eigenvalue weighted by molar-refractivity contribution is 5.73. The van der Waals surface area contributed by atoms with Crippen molar-refractivity contribution in [3.05, 3.63) is 60.2 Å². The molecule has 0 saturated heterocycles. The van der Waals surface area contributed by atoms with Gasteiger partial charge in [0.15, 0.2) is 0 Å². The monoisotopic (exact) mass is 316 g/mol. The second-order valence-corrected chi connectivity index (χ2v) is 5.20. The van der Waals surface area contributed by atoms with Crippen molar-refractivity contribution < 1.29 is 9.18 Å². The molecule has 2 amide bonds. The first-order valence-corrected chi connectivity index (χ1v) is 7.53. The van der Waals surface area contributed by atoms with Gasteiger partial charge in [-0.1, -0.05) is 18.2 Å². The summed E-state index contributed by atoms with van der Waals surface area (Å²) in [6.45, 7) is 1.62. The lowest BCUT2D eigenvalue weighted by Gasteiger charge is -2.19. The number of hydrogen-bond donors (Lipinski definition) is 2. The average molecular weight is 316 g/mol. The van der Waals surface area contributed by atoms with Crippen LogP contribution in [0.3, 0.4) is 0 Å². The van der Waals surface area contributed by atoms with Crippen LogP contribution in [0, 0.1) is 5.82 Å². The van der Waals surface area contributed by atoms with E-state index in [9.17, 15) is 9.18 Å². The fraction of sp³-hybridized carbons (Fsp3) is 0.294. The summed E-state index contributed by atoms with van der Waals surface area (Å²) < 4.78 is 13.6. The summed E-state index contributed by atoms with van der Waals surface area (Å²) in [5.74, 6) is -0.239. The van der Waals surface area contributed by atoms with Crippen molar-refractivity contribution in [2.45, 2.75) is 13.0 Å². The van der Waals surface area contributed by atoms with Crippen LogP contribution >= 0.6 is 0 Å². The number of rotatable bonds is 7. The van der Waals surface area contributed by atoms with Crippen molar-refractivity contribution >= 4 is 11.7 Å². The Bertz CT molecular complexity index is 621. The Hall–Kier alpha value is -2.63. The number of pyridine rings is 1. The third-order valence-corrected chi connectivity index (χ3v) is 3.40. The summed E-state index contributed by atoms with van der Waals surface area (Å²) in [5, 5.41) is 5.55. The SMILES string of the molecule is CN(CCCNC(=O)NCc1cccnc1)c1ccccc1F. The number of hydrogen-bond acceptors (Lipinski definition) is 3. The van der Waals surface area contributed by atoms with E-state index in [0.717, 1.165) is 12.0 Å². The van der Waals surface area contributed by atoms with E-state index in [-0.39, 0.29) is 11.8 Å². The predicted molar refractivity (Wildman–Crippen MR) is 88.8 cm³/mol. The number of nitrogens with zero attached hydrogens (tertiary/aromatic N) is 2. The van der Waals surface area contributed by atoms with Crippen molar-refractivity contribution in [3.8, 4) is 0 Å². The Morgan fingerprint density at radius 2 is 2.04 bits per heavy atom. The molecule has 0 aliphatic rings. The molecule has 0 spiro atoms. The molecule has 0 bridgehead atoms. The van der Waals surface area contributed by atoms with E-state index in [2.05, 4.69) is 15.6 Å². The van der Waals surface area contributed by atoms with Gasteiger partial charge in [-0.25, -0.2) is 9.18 Å². The first kappa shape index (κ1) is 16.7. The smallest absolute Gasteiger partial charge is 0.315 e. The van der Waals surface area contributed by atoms with Gasteiger partial charge < -0.3 is 15.5 Å². The first-order chi connectivity index (χ1) is 11.2. The van der Waals surface area contributed by atoms with Crippen LogP contribution in [0.5, 0.6) is 0 Å². The molecule has 0 unspecified atom stereocenters. The molecule has 0 radical (unpaired) electrons. The summed E-state index contributed by atoms with van der Waals surface area (Å²) >= 11 is 0. The Labute approximate surface area is 135 Å². The van der Waals surface area contributed by atoms with Gasteiger partial charge in [-0.2, -0.15) is 0 Å². The molecule has 122 valence electrons. The van der Waals surface area contributed by atoms with Gasteiger partial charge in [0.1, 0.15) is 5.82 Å². The predicted octanol–water partition coefficient (Wildman–Crippen LogP) is 2.55. The number of para-hydroxylation sites is 1. The number of anilines is 1. The van der Waals surface area contributed by atoms with E-state index in [1.807, 2.05) is 24.1 Å². The second kappa shape index (κ2) is 8.73. The van der Waals surface area contributed by atoms with Gasteiger partial charge in [0.2, 0.25) is 0 Å². The number of halogens is 1.